The van der Waals surface area contributed by atoms with Gasteiger partial charge in [-0.3, -0.25) is 9.59 Å². The van der Waals surface area contributed by atoms with Gasteiger partial charge in [-0.2, -0.15) is 5.10 Å². The number of carbonyl (C=O) groups is 2. The molecular formula is C12H10N2O2. The van der Waals surface area contributed by atoms with Gasteiger partial charge in [-0.15, -0.1) is 5.10 Å². The summed E-state index contributed by atoms with van der Waals surface area (Å²) in [6.45, 7) is 1.32. The zero-order chi connectivity index (χ0) is 11.5. The quantitative estimate of drug-likeness (QED) is 0.759. The van der Waals surface area contributed by atoms with E-state index in [1.165, 1.54) is 6.92 Å². The molecule has 0 fully saturated rings. The molecule has 1 aliphatic rings. The summed E-state index contributed by atoms with van der Waals surface area (Å²) >= 11 is 0. The Labute approximate surface area is 92.7 Å². The Morgan fingerprint density at radius 3 is 2.44 bits per heavy atom. The van der Waals surface area contributed by atoms with Crippen molar-refractivity contribution in [1.82, 2.24) is 0 Å². The summed E-state index contributed by atoms with van der Waals surface area (Å²) < 4.78 is 0. The highest BCUT2D eigenvalue weighted by molar-refractivity contribution is 6.81. The molecule has 1 aromatic carbocycles. The normalized spacial score (nSPS) is 14.7. The average molecular weight is 214 g/mol. The number of Topliss-reactive ketones (excluding diaryl/α,β-unsaturated/α-hetero) is 2. The van der Waals surface area contributed by atoms with Crippen LogP contribution in [0, 0.1) is 0 Å². The molecule has 0 bridgehead atoms. The van der Waals surface area contributed by atoms with Crippen LogP contribution in [-0.2, 0) is 16.0 Å². The maximum atomic E-state index is 11.7. The number of rotatable bonds is 3. The van der Waals surface area contributed by atoms with E-state index >= 15 is 0 Å². The van der Waals surface area contributed by atoms with Crippen LogP contribution in [0.3, 0.4) is 0 Å². The van der Waals surface area contributed by atoms with Crippen LogP contribution in [0.15, 0.2) is 40.5 Å². The lowest BCUT2D eigenvalue weighted by Gasteiger charge is -1.98. The number of hydrogen-bond acceptors (Lipinski definition) is 4. The topological polar surface area (TPSA) is 58.9 Å². The van der Waals surface area contributed by atoms with Crippen molar-refractivity contribution in [3.05, 3.63) is 35.9 Å². The van der Waals surface area contributed by atoms with Crippen LogP contribution in [-0.4, -0.2) is 23.0 Å². The zero-order valence-electron chi connectivity index (χ0n) is 8.80. The lowest BCUT2D eigenvalue weighted by molar-refractivity contribution is -0.113. The molecule has 0 amide bonds. The molecule has 0 atom stereocenters. The maximum Gasteiger partial charge on any atom is 0.233 e. The van der Waals surface area contributed by atoms with Crippen molar-refractivity contribution in [3.8, 4) is 0 Å². The molecule has 0 saturated heterocycles. The molecule has 0 N–H and O–H groups in total. The predicted octanol–water partition coefficient (Wildman–Crippen LogP) is 1.20. The first-order chi connectivity index (χ1) is 7.68. The summed E-state index contributed by atoms with van der Waals surface area (Å²) in [5, 5.41) is 7.35. The largest absolute Gasteiger partial charge is 0.293 e. The van der Waals surface area contributed by atoms with Gasteiger partial charge < -0.3 is 0 Å². The third kappa shape index (κ3) is 1.95. The van der Waals surface area contributed by atoms with Gasteiger partial charge in [0.05, 0.1) is 0 Å². The van der Waals surface area contributed by atoms with Gasteiger partial charge in [0.25, 0.3) is 0 Å². The molecule has 4 heteroatoms. The van der Waals surface area contributed by atoms with Crippen molar-refractivity contribution in [2.45, 2.75) is 13.3 Å². The van der Waals surface area contributed by atoms with Gasteiger partial charge in [0.2, 0.25) is 5.78 Å². The van der Waals surface area contributed by atoms with Gasteiger partial charge in [-0.25, -0.2) is 0 Å². The molecule has 1 aliphatic heterocycles. The standard InChI is InChI=1S/C12H10N2O2/c1-8(15)11-12(16)10(13-14-11)7-9-5-3-2-4-6-9/h2-6H,7H2,1H3. The Morgan fingerprint density at radius 2 is 1.88 bits per heavy atom. The van der Waals surface area contributed by atoms with Crippen LogP contribution < -0.4 is 0 Å². The van der Waals surface area contributed by atoms with Crippen LogP contribution in [0.1, 0.15) is 12.5 Å². The fraction of sp³-hybridized carbons (Fsp3) is 0.167. The Balaban J connectivity index is 2.11. The Kier molecular flexibility index (Phi) is 2.72. The minimum Gasteiger partial charge on any atom is -0.293 e. The molecule has 2 rings (SSSR count). The lowest BCUT2D eigenvalue weighted by Crippen LogP contribution is -2.26. The van der Waals surface area contributed by atoms with E-state index in [4.69, 9.17) is 0 Å². The van der Waals surface area contributed by atoms with Crippen molar-refractivity contribution in [3.63, 3.8) is 0 Å². The molecule has 0 radical (unpaired) electrons. The third-order valence-corrected chi connectivity index (χ3v) is 2.30. The highest BCUT2D eigenvalue weighted by Gasteiger charge is 2.27. The molecule has 1 aromatic rings. The van der Waals surface area contributed by atoms with Gasteiger partial charge >= 0.3 is 0 Å². The van der Waals surface area contributed by atoms with Crippen molar-refractivity contribution in [2.75, 3.05) is 0 Å². The van der Waals surface area contributed by atoms with Crippen LogP contribution in [0.2, 0.25) is 0 Å². The first kappa shape index (κ1) is 10.4. The fourth-order valence-corrected chi connectivity index (χ4v) is 1.47. The van der Waals surface area contributed by atoms with E-state index in [9.17, 15) is 9.59 Å². The third-order valence-electron chi connectivity index (χ3n) is 2.30. The summed E-state index contributed by atoms with van der Waals surface area (Å²) in [5.41, 5.74) is 1.25. The predicted molar refractivity (Wildman–Crippen MR) is 60.7 cm³/mol. The molecule has 0 unspecified atom stereocenters. The van der Waals surface area contributed by atoms with E-state index in [0.717, 1.165) is 5.56 Å². The molecule has 0 aromatic heterocycles. The molecular weight excluding hydrogens is 204 g/mol. The summed E-state index contributed by atoms with van der Waals surface area (Å²) in [5.74, 6) is -0.687. The van der Waals surface area contributed by atoms with E-state index in [2.05, 4.69) is 10.2 Å². The van der Waals surface area contributed by atoms with Gasteiger partial charge in [-0.1, -0.05) is 30.3 Å². The first-order valence-corrected chi connectivity index (χ1v) is 4.92. The van der Waals surface area contributed by atoms with Crippen molar-refractivity contribution >= 4 is 23.0 Å². The number of ketones is 2. The number of benzene rings is 1. The van der Waals surface area contributed by atoms with E-state index in [-0.39, 0.29) is 17.3 Å². The summed E-state index contributed by atoms with van der Waals surface area (Å²) in [6.07, 6.45) is 0.417. The highest BCUT2D eigenvalue weighted by atomic mass is 16.2. The zero-order valence-corrected chi connectivity index (χ0v) is 8.80. The Morgan fingerprint density at radius 1 is 1.19 bits per heavy atom. The number of hydrogen-bond donors (Lipinski definition) is 0. The van der Waals surface area contributed by atoms with Crippen molar-refractivity contribution < 1.29 is 9.59 Å². The molecule has 0 spiro atoms. The Hall–Kier alpha value is -2.10. The monoisotopic (exact) mass is 214 g/mol. The van der Waals surface area contributed by atoms with E-state index in [0.29, 0.717) is 12.1 Å². The lowest BCUT2D eigenvalue weighted by atomic mass is 10.0. The van der Waals surface area contributed by atoms with Crippen LogP contribution in [0.25, 0.3) is 0 Å². The van der Waals surface area contributed by atoms with Crippen LogP contribution in [0.4, 0.5) is 0 Å². The number of carbonyl (C=O) groups excluding carboxylic acids is 2. The highest BCUT2D eigenvalue weighted by Crippen LogP contribution is 2.07. The second-order valence-electron chi connectivity index (χ2n) is 3.54. The minimum atomic E-state index is -0.351. The number of nitrogens with zero attached hydrogens (tertiary/aromatic N) is 2. The summed E-state index contributed by atoms with van der Waals surface area (Å²) in [4.78, 5) is 22.7. The molecule has 0 saturated carbocycles. The van der Waals surface area contributed by atoms with Gasteiger partial charge in [0.15, 0.2) is 11.5 Å². The fourth-order valence-electron chi connectivity index (χ4n) is 1.47. The van der Waals surface area contributed by atoms with E-state index < -0.39 is 0 Å². The van der Waals surface area contributed by atoms with Gasteiger partial charge in [-0.05, 0) is 5.56 Å². The second kappa shape index (κ2) is 4.18. The second-order valence-corrected chi connectivity index (χ2v) is 3.54. The summed E-state index contributed by atoms with van der Waals surface area (Å²) in [7, 11) is 0. The van der Waals surface area contributed by atoms with Crippen LogP contribution >= 0.6 is 0 Å². The SMILES string of the molecule is CC(=O)C1=NN=C(Cc2ccccc2)C1=O. The van der Waals surface area contributed by atoms with Crippen molar-refractivity contribution in [2.24, 2.45) is 10.2 Å². The molecule has 80 valence electrons. The average Bonchev–Trinajstić information content (AvgIpc) is 2.62. The summed E-state index contributed by atoms with van der Waals surface area (Å²) in [6, 6.07) is 9.49. The maximum absolute atomic E-state index is 11.7. The van der Waals surface area contributed by atoms with Crippen LogP contribution in [0.5, 0.6) is 0 Å². The van der Waals surface area contributed by atoms with Gasteiger partial charge in [0, 0.05) is 13.3 Å². The molecule has 4 nitrogen and oxygen atoms in total. The van der Waals surface area contributed by atoms with Crippen molar-refractivity contribution in [1.29, 1.82) is 0 Å². The van der Waals surface area contributed by atoms with E-state index in [1.807, 2.05) is 30.3 Å². The van der Waals surface area contributed by atoms with E-state index in [1.54, 1.807) is 0 Å². The molecule has 16 heavy (non-hydrogen) atoms. The Bertz CT molecular complexity index is 501. The molecule has 0 aliphatic carbocycles. The minimum absolute atomic E-state index is 0.0640. The smallest absolute Gasteiger partial charge is 0.233 e. The first-order valence-electron chi connectivity index (χ1n) is 4.92. The molecule has 1 heterocycles. The van der Waals surface area contributed by atoms with Gasteiger partial charge in [0.1, 0.15) is 5.71 Å².